The summed E-state index contributed by atoms with van der Waals surface area (Å²) >= 11 is 0. The van der Waals surface area contributed by atoms with E-state index in [1.165, 1.54) is 43.7 Å². The fourth-order valence-electron chi connectivity index (χ4n) is 3.40. The van der Waals surface area contributed by atoms with E-state index in [2.05, 4.69) is 25.6 Å². The molecule has 146 valence electrons. The quantitative estimate of drug-likeness (QED) is 0.365. The molecule has 0 bridgehead atoms. The molecule has 0 atom stereocenters. The first-order valence-corrected chi connectivity index (χ1v) is 9.77. The first-order chi connectivity index (χ1) is 13.0. The second-order valence-corrected chi connectivity index (χ2v) is 7.21. The molecule has 1 aromatic carbocycles. The average molecular weight is 370 g/mol. The number of esters is 2. The molecule has 0 heterocycles. The van der Waals surface area contributed by atoms with Crippen LogP contribution in [0.1, 0.15) is 63.0 Å². The maximum absolute atomic E-state index is 11.7. The van der Waals surface area contributed by atoms with Gasteiger partial charge in [-0.25, -0.2) is 9.59 Å². The normalized spacial score (nSPS) is 19.6. The van der Waals surface area contributed by atoms with E-state index in [-0.39, 0.29) is 13.2 Å². The molecule has 1 aliphatic carbocycles. The molecule has 0 spiro atoms. The highest BCUT2D eigenvalue weighted by Crippen LogP contribution is 2.36. The summed E-state index contributed by atoms with van der Waals surface area (Å²) in [6.07, 6.45) is 9.63. The molecule has 1 aromatic rings. The zero-order valence-electron chi connectivity index (χ0n) is 16.4. The lowest BCUT2D eigenvalue weighted by atomic mass is 9.78. The molecule has 4 nitrogen and oxygen atoms in total. The van der Waals surface area contributed by atoms with Crippen LogP contribution >= 0.6 is 0 Å². The molecular formula is C23H30O4. The van der Waals surface area contributed by atoms with Crippen molar-refractivity contribution in [2.45, 2.75) is 51.9 Å². The minimum absolute atomic E-state index is 0.0280. The van der Waals surface area contributed by atoms with Crippen LogP contribution in [0.3, 0.4) is 0 Å². The largest absolute Gasteiger partial charge is 0.459 e. The smallest absolute Gasteiger partial charge is 0.333 e. The van der Waals surface area contributed by atoms with Gasteiger partial charge >= 0.3 is 11.9 Å². The number of benzene rings is 1. The van der Waals surface area contributed by atoms with Gasteiger partial charge in [0.2, 0.25) is 0 Å². The number of rotatable bonds is 8. The standard InChI is InChI=1S/C23H30O4/c1-4-18-5-10-20(11-6-18)21-12-7-19(8-13-21)9-14-22(24)26-15-16-27-23(25)17(2)3/h7-9,12-14,18,20H,2,4-6,10-11,15-16H2,1,3H3/b14-9+/t18-,20-. The van der Waals surface area contributed by atoms with E-state index in [0.29, 0.717) is 11.5 Å². The van der Waals surface area contributed by atoms with Crippen LogP contribution in [0.25, 0.3) is 6.08 Å². The van der Waals surface area contributed by atoms with Gasteiger partial charge in [0.1, 0.15) is 13.2 Å². The predicted octanol–water partition coefficient (Wildman–Crippen LogP) is 5.05. The zero-order chi connectivity index (χ0) is 19.6. The van der Waals surface area contributed by atoms with Gasteiger partial charge in [-0.1, -0.05) is 44.2 Å². The topological polar surface area (TPSA) is 52.6 Å². The van der Waals surface area contributed by atoms with Crippen LogP contribution in [0.5, 0.6) is 0 Å². The Bertz CT molecular complexity index is 664. The Balaban J connectivity index is 1.74. The minimum atomic E-state index is -0.482. The fourth-order valence-corrected chi connectivity index (χ4v) is 3.40. The molecule has 4 heteroatoms. The highest BCUT2D eigenvalue weighted by Gasteiger charge is 2.20. The third-order valence-corrected chi connectivity index (χ3v) is 5.15. The van der Waals surface area contributed by atoms with Gasteiger partial charge in [0.25, 0.3) is 0 Å². The summed E-state index contributed by atoms with van der Waals surface area (Å²) in [7, 11) is 0. The number of hydrogen-bond donors (Lipinski definition) is 0. The Kier molecular flexibility index (Phi) is 8.31. The van der Waals surface area contributed by atoms with Crippen LogP contribution in [0.2, 0.25) is 0 Å². The van der Waals surface area contributed by atoms with Crippen molar-refractivity contribution in [3.63, 3.8) is 0 Å². The molecule has 2 rings (SSSR count). The molecular weight excluding hydrogens is 340 g/mol. The van der Waals surface area contributed by atoms with Crippen molar-refractivity contribution in [2.75, 3.05) is 13.2 Å². The van der Waals surface area contributed by atoms with Gasteiger partial charge in [-0.3, -0.25) is 0 Å². The molecule has 0 aromatic heterocycles. The number of hydrogen-bond acceptors (Lipinski definition) is 4. The van der Waals surface area contributed by atoms with Crippen molar-refractivity contribution in [1.29, 1.82) is 0 Å². The van der Waals surface area contributed by atoms with E-state index in [1.54, 1.807) is 13.0 Å². The van der Waals surface area contributed by atoms with E-state index < -0.39 is 11.9 Å². The monoisotopic (exact) mass is 370 g/mol. The van der Waals surface area contributed by atoms with Crippen LogP contribution in [-0.4, -0.2) is 25.2 Å². The molecule has 0 amide bonds. The summed E-state index contributed by atoms with van der Waals surface area (Å²) in [4.78, 5) is 22.9. The Morgan fingerprint density at radius 2 is 1.70 bits per heavy atom. The highest BCUT2D eigenvalue weighted by atomic mass is 16.6. The summed E-state index contributed by atoms with van der Waals surface area (Å²) in [5, 5.41) is 0. The zero-order valence-corrected chi connectivity index (χ0v) is 16.4. The Morgan fingerprint density at radius 1 is 1.07 bits per heavy atom. The van der Waals surface area contributed by atoms with Gasteiger partial charge in [-0.2, -0.15) is 0 Å². The number of carbonyl (C=O) groups is 2. The van der Waals surface area contributed by atoms with Crippen LogP contribution in [0, 0.1) is 5.92 Å². The van der Waals surface area contributed by atoms with Crippen molar-refractivity contribution >= 4 is 18.0 Å². The lowest BCUT2D eigenvalue weighted by molar-refractivity contribution is -0.146. The lowest BCUT2D eigenvalue weighted by Gasteiger charge is -2.28. The summed E-state index contributed by atoms with van der Waals surface area (Å²) in [5.41, 5.74) is 2.68. The summed E-state index contributed by atoms with van der Waals surface area (Å²) in [5.74, 6) is 0.629. The number of carbonyl (C=O) groups excluding carboxylic acids is 2. The van der Waals surface area contributed by atoms with Gasteiger partial charge in [0.05, 0.1) is 0 Å². The Hall–Kier alpha value is -2.36. The van der Waals surface area contributed by atoms with Crippen molar-refractivity contribution in [2.24, 2.45) is 5.92 Å². The predicted molar refractivity (Wildman–Crippen MR) is 107 cm³/mol. The summed E-state index contributed by atoms with van der Waals surface area (Å²) in [6, 6.07) is 8.41. The fraction of sp³-hybridized carbons (Fsp3) is 0.478. The Morgan fingerprint density at radius 3 is 2.30 bits per heavy atom. The molecule has 1 saturated carbocycles. The second-order valence-electron chi connectivity index (χ2n) is 7.21. The van der Waals surface area contributed by atoms with Gasteiger partial charge < -0.3 is 9.47 Å². The van der Waals surface area contributed by atoms with Gasteiger partial charge in [0, 0.05) is 11.6 Å². The van der Waals surface area contributed by atoms with E-state index in [1.807, 2.05) is 12.1 Å². The van der Waals surface area contributed by atoms with E-state index in [9.17, 15) is 9.59 Å². The average Bonchev–Trinajstić information content (AvgIpc) is 2.70. The van der Waals surface area contributed by atoms with Crippen LogP contribution in [0.15, 0.2) is 42.5 Å². The SMILES string of the molecule is C=C(C)C(=O)OCCOC(=O)/C=C/c1ccc([C@H]2CC[C@H](CC)CC2)cc1. The van der Waals surface area contributed by atoms with E-state index in [0.717, 1.165) is 11.5 Å². The van der Waals surface area contributed by atoms with Crippen LogP contribution < -0.4 is 0 Å². The third-order valence-electron chi connectivity index (χ3n) is 5.15. The van der Waals surface area contributed by atoms with Crippen molar-refractivity contribution in [1.82, 2.24) is 0 Å². The van der Waals surface area contributed by atoms with E-state index in [4.69, 9.17) is 9.47 Å². The maximum Gasteiger partial charge on any atom is 0.333 e. The van der Waals surface area contributed by atoms with Gasteiger partial charge in [0.15, 0.2) is 0 Å². The first kappa shape index (κ1) is 20.9. The maximum atomic E-state index is 11.7. The molecule has 0 unspecified atom stereocenters. The van der Waals surface area contributed by atoms with Gasteiger partial charge in [-0.15, -0.1) is 0 Å². The molecule has 0 aliphatic heterocycles. The molecule has 1 aliphatic rings. The molecule has 0 saturated heterocycles. The van der Waals surface area contributed by atoms with Crippen LogP contribution in [0.4, 0.5) is 0 Å². The third kappa shape index (κ3) is 7.05. The van der Waals surface area contributed by atoms with Crippen molar-refractivity contribution in [3.8, 4) is 0 Å². The molecule has 1 fully saturated rings. The first-order valence-electron chi connectivity index (χ1n) is 9.77. The molecule has 0 radical (unpaired) electrons. The summed E-state index contributed by atoms with van der Waals surface area (Å²) < 4.78 is 9.86. The van der Waals surface area contributed by atoms with E-state index >= 15 is 0 Å². The number of ether oxygens (including phenoxy) is 2. The molecule has 27 heavy (non-hydrogen) atoms. The lowest BCUT2D eigenvalue weighted by Crippen LogP contribution is -2.13. The summed E-state index contributed by atoms with van der Waals surface area (Å²) in [6.45, 7) is 7.39. The van der Waals surface area contributed by atoms with Gasteiger partial charge in [-0.05, 0) is 61.6 Å². The minimum Gasteiger partial charge on any atom is -0.459 e. The van der Waals surface area contributed by atoms with Crippen LogP contribution in [-0.2, 0) is 19.1 Å². The second kappa shape index (κ2) is 10.7. The highest BCUT2D eigenvalue weighted by molar-refractivity contribution is 5.87. The van der Waals surface area contributed by atoms with Crippen molar-refractivity contribution in [3.05, 3.63) is 53.6 Å². The van der Waals surface area contributed by atoms with Crippen molar-refractivity contribution < 1.29 is 19.1 Å². The Labute approximate surface area is 162 Å². The molecule has 0 N–H and O–H groups in total.